The minimum atomic E-state index is -1.88. The molecule has 2 aliphatic rings. The van der Waals surface area contributed by atoms with Gasteiger partial charge in [-0.15, -0.1) is 11.3 Å². The van der Waals surface area contributed by atoms with Crippen LogP contribution in [-0.4, -0.2) is 123 Å². The molecule has 0 unspecified atom stereocenters. The summed E-state index contributed by atoms with van der Waals surface area (Å²) in [5, 5.41) is 44.5. The SMILES string of the molecule is CC(C)(O/N=C(\C(=O)N[C@@H]1C(=O)N(CC(=O)O)[C@@H]1SN1CCCN(NC(=O)C(=O)c2ccc(O)c(O)c2Cl)C1=O)c1csc(N)n1)C(=O)O. The van der Waals surface area contributed by atoms with Crippen molar-refractivity contribution in [3.8, 4) is 11.5 Å². The number of carboxylic acid groups (broad SMARTS) is 2. The molecule has 0 spiro atoms. The number of nitrogen functional groups attached to an aromatic ring is 1. The average molecular weight is 743 g/mol. The van der Waals surface area contributed by atoms with Crippen LogP contribution in [0.5, 0.6) is 11.5 Å². The topological polar surface area (TPSA) is 295 Å². The number of urea groups is 1. The Morgan fingerprint density at radius 3 is 2.47 bits per heavy atom. The fourth-order valence-corrected chi connectivity index (χ4v) is 6.23. The maximum absolute atomic E-state index is 13.4. The number of β-lactam (4-membered cyclic amide) rings is 1. The number of hydrazine groups is 1. The molecule has 2 fully saturated rings. The summed E-state index contributed by atoms with van der Waals surface area (Å²) in [5.74, 6) is -8.73. The zero-order valence-corrected chi connectivity index (χ0v) is 27.7. The summed E-state index contributed by atoms with van der Waals surface area (Å²) >= 11 is 7.47. The Hall–Kier alpha value is -5.35. The van der Waals surface area contributed by atoms with E-state index in [-0.39, 0.29) is 30.3 Å². The minimum Gasteiger partial charge on any atom is -0.504 e. The number of hydrogen-bond acceptors (Lipinski definition) is 15. The van der Waals surface area contributed by atoms with Crippen LogP contribution in [0, 0.1) is 0 Å². The number of anilines is 1. The van der Waals surface area contributed by atoms with Crippen LogP contribution in [0.2, 0.25) is 5.02 Å². The molecule has 0 radical (unpaired) electrons. The van der Waals surface area contributed by atoms with Gasteiger partial charge < -0.3 is 41.2 Å². The first-order valence-corrected chi connectivity index (χ1v) is 15.9. The molecule has 0 aliphatic carbocycles. The van der Waals surface area contributed by atoms with Crippen LogP contribution in [0.15, 0.2) is 22.7 Å². The number of rotatable bonds is 13. The second kappa shape index (κ2) is 14.4. The molecule has 0 saturated carbocycles. The summed E-state index contributed by atoms with van der Waals surface area (Å²) in [5.41, 5.74) is 4.81. The van der Waals surface area contributed by atoms with Crippen molar-refractivity contribution in [2.45, 2.75) is 37.3 Å². The van der Waals surface area contributed by atoms with E-state index in [0.717, 1.165) is 37.7 Å². The van der Waals surface area contributed by atoms with Crippen LogP contribution in [0.1, 0.15) is 36.3 Å². The van der Waals surface area contributed by atoms with Gasteiger partial charge in [0.05, 0.1) is 10.6 Å². The summed E-state index contributed by atoms with van der Waals surface area (Å²) < 4.78 is 1.08. The highest BCUT2D eigenvalue weighted by molar-refractivity contribution is 7.98. The Morgan fingerprint density at radius 2 is 1.86 bits per heavy atom. The second-order valence-corrected chi connectivity index (χ2v) is 13.1. The maximum Gasteiger partial charge on any atom is 0.350 e. The molecule has 23 heteroatoms. The summed E-state index contributed by atoms with van der Waals surface area (Å²) in [6.45, 7) is 1.51. The molecule has 8 N–H and O–H groups in total. The van der Waals surface area contributed by atoms with E-state index in [0.29, 0.717) is 11.9 Å². The normalized spacial score (nSPS) is 18.1. The lowest BCUT2D eigenvalue weighted by Gasteiger charge is -2.47. The van der Waals surface area contributed by atoms with Gasteiger partial charge in [0.15, 0.2) is 22.3 Å². The van der Waals surface area contributed by atoms with Crippen LogP contribution in [0.25, 0.3) is 0 Å². The lowest BCUT2D eigenvalue weighted by atomic mass is 10.1. The van der Waals surface area contributed by atoms with Crippen molar-refractivity contribution in [1.82, 2.24) is 29.9 Å². The molecule has 2 aromatic rings. The zero-order chi connectivity index (χ0) is 36.4. The number of hydrogen-bond donors (Lipinski definition) is 7. The van der Waals surface area contributed by atoms with Gasteiger partial charge in [-0.3, -0.25) is 33.7 Å². The summed E-state index contributed by atoms with van der Waals surface area (Å²) in [6.07, 6.45) is 0.226. The molecule has 1 aromatic heterocycles. The van der Waals surface area contributed by atoms with Gasteiger partial charge in [0.2, 0.25) is 11.5 Å². The number of carboxylic acids is 2. The van der Waals surface area contributed by atoms with Gasteiger partial charge in [0.1, 0.15) is 23.7 Å². The molecule has 1 aromatic carbocycles. The molecule has 5 amide bonds. The molecule has 20 nitrogen and oxygen atoms in total. The van der Waals surface area contributed by atoms with Crippen molar-refractivity contribution in [3.05, 3.63) is 33.8 Å². The summed E-state index contributed by atoms with van der Waals surface area (Å²) in [7, 11) is 0. The number of phenolic OH excluding ortho intramolecular Hbond substituents is 2. The number of oxime groups is 1. The number of ketones is 1. The third kappa shape index (κ3) is 7.87. The number of halogens is 1. The van der Waals surface area contributed by atoms with Gasteiger partial charge in [-0.2, -0.15) is 0 Å². The molecule has 2 saturated heterocycles. The number of benzene rings is 1. The Kier molecular flexibility index (Phi) is 10.7. The third-order valence-corrected chi connectivity index (χ3v) is 9.19. The number of likely N-dealkylation sites (tertiary alicyclic amines) is 1. The van der Waals surface area contributed by atoms with Crippen molar-refractivity contribution in [2.24, 2.45) is 5.16 Å². The van der Waals surface area contributed by atoms with Crippen molar-refractivity contribution < 1.29 is 58.8 Å². The van der Waals surface area contributed by atoms with Crippen molar-refractivity contribution in [1.29, 1.82) is 0 Å². The highest BCUT2D eigenvalue weighted by atomic mass is 35.5. The number of aromatic hydroxyl groups is 2. The Labute approximate surface area is 288 Å². The number of amides is 5. The van der Waals surface area contributed by atoms with E-state index >= 15 is 0 Å². The molecule has 3 heterocycles. The van der Waals surface area contributed by atoms with Crippen LogP contribution < -0.4 is 16.5 Å². The number of nitrogens with one attached hydrogen (secondary N) is 2. The number of nitrogens with two attached hydrogens (primary N) is 1. The van der Waals surface area contributed by atoms with Crippen LogP contribution in [-0.2, 0) is 28.8 Å². The van der Waals surface area contributed by atoms with Gasteiger partial charge >= 0.3 is 23.9 Å². The highest BCUT2D eigenvalue weighted by Crippen LogP contribution is 2.36. The van der Waals surface area contributed by atoms with E-state index in [9.17, 15) is 54.0 Å². The lowest BCUT2D eigenvalue weighted by Crippen LogP contribution is -2.71. The van der Waals surface area contributed by atoms with Crippen molar-refractivity contribution in [2.75, 3.05) is 25.4 Å². The van der Waals surface area contributed by atoms with Crippen molar-refractivity contribution >= 4 is 87.2 Å². The van der Waals surface area contributed by atoms with Gasteiger partial charge in [-0.25, -0.2) is 19.6 Å². The predicted octanol–water partition coefficient (Wildman–Crippen LogP) is -0.198. The van der Waals surface area contributed by atoms with Crippen LogP contribution in [0.3, 0.4) is 0 Å². The Morgan fingerprint density at radius 1 is 1.16 bits per heavy atom. The second-order valence-electron chi connectivity index (χ2n) is 10.7. The first kappa shape index (κ1) is 36.5. The van der Waals surface area contributed by atoms with E-state index in [1.54, 1.807) is 0 Å². The molecule has 2 atom stereocenters. The summed E-state index contributed by atoms with van der Waals surface area (Å²) in [4.78, 5) is 98.1. The van der Waals surface area contributed by atoms with Crippen LogP contribution >= 0.6 is 34.9 Å². The molecule has 49 heavy (non-hydrogen) atoms. The smallest absolute Gasteiger partial charge is 0.350 e. The minimum absolute atomic E-state index is 0.0278. The van der Waals surface area contributed by atoms with Gasteiger partial charge in [0, 0.05) is 18.5 Å². The van der Waals surface area contributed by atoms with Gasteiger partial charge in [0.25, 0.3) is 11.7 Å². The molecular weight excluding hydrogens is 716 g/mol. The number of carbonyl (C=O) groups is 7. The largest absolute Gasteiger partial charge is 0.504 e. The van der Waals surface area contributed by atoms with Crippen LogP contribution in [0.4, 0.5) is 9.93 Å². The lowest BCUT2D eigenvalue weighted by molar-refractivity contribution is -0.161. The zero-order valence-electron chi connectivity index (χ0n) is 25.3. The predicted molar refractivity (Wildman–Crippen MR) is 169 cm³/mol. The maximum atomic E-state index is 13.4. The number of Topliss-reactive ketones (excluding diaryl/α,β-unsaturated/α-hetero) is 1. The van der Waals surface area contributed by atoms with Crippen molar-refractivity contribution in [3.63, 3.8) is 0 Å². The van der Waals surface area contributed by atoms with E-state index in [1.807, 2.05) is 0 Å². The molecule has 262 valence electrons. The highest BCUT2D eigenvalue weighted by Gasteiger charge is 2.52. The fraction of sp³-hybridized carbons (Fsp3) is 0.346. The number of phenols is 2. The molecule has 4 rings (SSSR count). The number of aliphatic carboxylic acids is 2. The van der Waals surface area contributed by atoms with Gasteiger partial charge in [-0.05, 0) is 44.3 Å². The average Bonchev–Trinajstić information content (AvgIpc) is 3.47. The molecule has 0 bridgehead atoms. The number of nitrogens with zero attached hydrogens (tertiary/aromatic N) is 5. The van der Waals surface area contributed by atoms with E-state index in [1.165, 1.54) is 19.2 Å². The standard InChI is InChI=1S/C26H27ClN8O12S2/c1-26(2,23(44)45)47-32-15(11-9-48-24(28)29-11)19(41)30-16-21(43)33(8-13(37)38)22(16)49-35-7-3-6-34(25(35)46)31-20(42)17(39)10-4-5-12(36)18(40)14(10)27/h4-5,9,16,22,36,40H,3,6-8H2,1-2H3,(H2,28,29)(H,30,41)(H,31,42)(H,37,38)(H,44,45)/b32-15-/t16-,22-/m1/s1. The fourth-order valence-electron chi connectivity index (χ4n) is 4.15. The third-order valence-electron chi connectivity index (χ3n) is 6.80. The number of carbonyl (C=O) groups excluding carboxylic acids is 5. The first-order valence-electron chi connectivity index (χ1n) is 13.8. The first-order chi connectivity index (χ1) is 22.9. The van der Waals surface area contributed by atoms with E-state index < -0.39 is 92.8 Å². The molecular formula is C26H27ClN8O12S2. The van der Waals surface area contributed by atoms with E-state index in [4.69, 9.17) is 22.2 Å². The van der Waals surface area contributed by atoms with E-state index in [2.05, 4.69) is 20.9 Å². The number of thiazole rings is 1. The molecule has 2 aliphatic heterocycles. The Bertz CT molecular complexity index is 1770. The monoisotopic (exact) mass is 742 g/mol. The van der Waals surface area contributed by atoms with Gasteiger partial charge in [-0.1, -0.05) is 16.8 Å². The quantitative estimate of drug-likeness (QED) is 0.0266. The summed E-state index contributed by atoms with van der Waals surface area (Å²) in [6, 6.07) is -0.373. The number of aromatic nitrogens is 1. The Balaban J connectivity index is 1.51.